The van der Waals surface area contributed by atoms with Gasteiger partial charge in [-0.15, -0.1) is 0 Å². The van der Waals surface area contributed by atoms with Crippen LogP contribution in [0.1, 0.15) is 53.9 Å². The predicted molar refractivity (Wildman–Crippen MR) is 109 cm³/mol. The van der Waals surface area contributed by atoms with Gasteiger partial charge in [0, 0.05) is 12.4 Å². The van der Waals surface area contributed by atoms with Crippen LogP contribution in [0.2, 0.25) is 18.9 Å². The second-order valence-electron chi connectivity index (χ2n) is 8.71. The molecule has 1 aromatic rings. The second kappa shape index (κ2) is 7.95. The van der Waals surface area contributed by atoms with Gasteiger partial charge in [0.1, 0.15) is 0 Å². The summed E-state index contributed by atoms with van der Waals surface area (Å²) in [7, 11) is -2.10. The van der Waals surface area contributed by atoms with Crippen molar-refractivity contribution in [2.24, 2.45) is 0 Å². The van der Waals surface area contributed by atoms with Crippen molar-refractivity contribution in [3.63, 3.8) is 0 Å². The summed E-state index contributed by atoms with van der Waals surface area (Å²) in [6.07, 6.45) is 3.42. The molecule has 1 atom stereocenters. The first-order chi connectivity index (χ1) is 11.6. The smallest absolute Gasteiger partial charge is 0.413 e. The first-order valence-corrected chi connectivity index (χ1v) is 12.5. The molecule has 1 aliphatic heterocycles. The molecule has 0 aliphatic carbocycles. The molecule has 1 unspecified atom stereocenters. The standard InChI is InChI=1S/C20H35BO3Si/c1-8-9-13-17(21-23-19(2,3)20(4,5)24-21)16-22-25(6,7)18-14-11-10-12-15-18/h10-12,14-15,17H,8-9,13,16H2,1-7H3. The molecular weight excluding hydrogens is 327 g/mol. The average Bonchev–Trinajstić information content (AvgIpc) is 2.76. The summed E-state index contributed by atoms with van der Waals surface area (Å²) >= 11 is 0. The molecule has 0 radical (unpaired) electrons. The fourth-order valence-corrected chi connectivity index (χ4v) is 4.88. The van der Waals surface area contributed by atoms with Crippen molar-refractivity contribution >= 4 is 20.6 Å². The number of benzene rings is 1. The fourth-order valence-electron chi connectivity index (χ4n) is 3.08. The molecule has 1 fully saturated rings. The maximum atomic E-state index is 6.50. The van der Waals surface area contributed by atoms with Crippen LogP contribution in [0, 0.1) is 0 Å². The lowest BCUT2D eigenvalue weighted by molar-refractivity contribution is 0.00578. The molecule has 0 N–H and O–H groups in total. The van der Waals surface area contributed by atoms with Crippen molar-refractivity contribution in [3.05, 3.63) is 30.3 Å². The molecule has 0 bridgehead atoms. The highest BCUT2D eigenvalue weighted by Crippen LogP contribution is 2.41. The maximum Gasteiger partial charge on any atom is 0.463 e. The Bertz CT molecular complexity index is 529. The van der Waals surface area contributed by atoms with Crippen molar-refractivity contribution in [1.82, 2.24) is 0 Å². The molecule has 0 saturated carbocycles. The molecule has 0 aromatic heterocycles. The Morgan fingerprint density at radius 1 is 1.04 bits per heavy atom. The molecule has 3 nitrogen and oxygen atoms in total. The first kappa shape index (κ1) is 20.7. The van der Waals surface area contributed by atoms with Gasteiger partial charge in [-0.25, -0.2) is 0 Å². The summed E-state index contributed by atoms with van der Waals surface area (Å²) < 4.78 is 19.1. The van der Waals surface area contributed by atoms with E-state index in [-0.39, 0.29) is 24.1 Å². The third-order valence-electron chi connectivity index (χ3n) is 5.71. The Kier molecular flexibility index (Phi) is 6.58. The number of hydrogen-bond acceptors (Lipinski definition) is 3. The van der Waals surface area contributed by atoms with Gasteiger partial charge >= 0.3 is 7.12 Å². The molecular formula is C20H35BO3Si. The quantitative estimate of drug-likeness (QED) is 0.624. The number of hydrogen-bond donors (Lipinski definition) is 0. The minimum Gasteiger partial charge on any atom is -0.413 e. The molecule has 1 heterocycles. The van der Waals surface area contributed by atoms with Gasteiger partial charge in [-0.3, -0.25) is 0 Å². The molecule has 0 amide bonds. The van der Waals surface area contributed by atoms with Crippen LogP contribution in [0.4, 0.5) is 0 Å². The number of unbranched alkanes of at least 4 members (excludes halogenated alkanes) is 1. The maximum absolute atomic E-state index is 6.50. The van der Waals surface area contributed by atoms with Crippen molar-refractivity contribution in [3.8, 4) is 0 Å². The molecule has 5 heteroatoms. The zero-order chi connectivity index (χ0) is 18.7. The van der Waals surface area contributed by atoms with E-state index in [1.807, 2.05) is 0 Å². The van der Waals surface area contributed by atoms with Gasteiger partial charge in [0.25, 0.3) is 0 Å². The van der Waals surface area contributed by atoms with E-state index in [1.165, 1.54) is 18.0 Å². The molecule has 25 heavy (non-hydrogen) atoms. The fraction of sp³-hybridized carbons (Fsp3) is 0.700. The summed E-state index contributed by atoms with van der Waals surface area (Å²) in [5, 5.41) is 1.33. The van der Waals surface area contributed by atoms with E-state index in [9.17, 15) is 0 Å². The lowest BCUT2D eigenvalue weighted by atomic mass is 9.70. The van der Waals surface area contributed by atoms with Crippen LogP contribution in [0.5, 0.6) is 0 Å². The predicted octanol–water partition coefficient (Wildman–Crippen LogP) is 4.77. The van der Waals surface area contributed by atoms with Gasteiger partial charge in [0.15, 0.2) is 0 Å². The molecule has 1 saturated heterocycles. The van der Waals surface area contributed by atoms with Crippen LogP contribution >= 0.6 is 0 Å². The van der Waals surface area contributed by atoms with Crippen LogP contribution in [-0.4, -0.2) is 33.2 Å². The summed E-state index contributed by atoms with van der Waals surface area (Å²) in [6, 6.07) is 10.6. The molecule has 1 aliphatic rings. The van der Waals surface area contributed by atoms with E-state index in [2.05, 4.69) is 78.0 Å². The van der Waals surface area contributed by atoms with Gasteiger partial charge in [-0.05, 0) is 52.4 Å². The Morgan fingerprint density at radius 2 is 1.60 bits per heavy atom. The normalized spacial score (nSPS) is 20.7. The molecule has 1 aromatic carbocycles. The monoisotopic (exact) mass is 362 g/mol. The van der Waals surface area contributed by atoms with Gasteiger partial charge in [0.05, 0.1) is 11.2 Å². The first-order valence-electron chi connectivity index (χ1n) is 9.64. The second-order valence-corrected chi connectivity index (χ2v) is 12.6. The Labute approximate surface area is 155 Å². The highest BCUT2D eigenvalue weighted by atomic mass is 28.4. The Morgan fingerprint density at radius 3 is 2.12 bits per heavy atom. The van der Waals surface area contributed by atoms with E-state index >= 15 is 0 Å². The number of rotatable bonds is 8. The van der Waals surface area contributed by atoms with Gasteiger partial charge in [-0.2, -0.15) is 0 Å². The van der Waals surface area contributed by atoms with E-state index < -0.39 is 8.32 Å². The Hall–Kier alpha value is -0.618. The average molecular weight is 362 g/mol. The highest BCUT2D eigenvalue weighted by Gasteiger charge is 2.53. The zero-order valence-corrected chi connectivity index (χ0v) is 18.1. The van der Waals surface area contributed by atoms with Crippen molar-refractivity contribution in [2.45, 2.75) is 84.0 Å². The van der Waals surface area contributed by atoms with E-state index in [0.29, 0.717) is 6.61 Å². The van der Waals surface area contributed by atoms with Crippen molar-refractivity contribution < 1.29 is 13.7 Å². The Balaban J connectivity index is 2.06. The third-order valence-corrected chi connectivity index (χ3v) is 8.32. The van der Waals surface area contributed by atoms with Crippen LogP contribution in [0.3, 0.4) is 0 Å². The van der Waals surface area contributed by atoms with E-state index in [1.54, 1.807) is 0 Å². The SMILES string of the molecule is CCCCC(CO[Si](C)(C)c1ccccc1)B1OC(C)(C)C(C)(C)O1. The highest BCUT2D eigenvalue weighted by molar-refractivity contribution is 6.84. The third kappa shape index (κ3) is 4.97. The molecule has 0 spiro atoms. The lowest BCUT2D eigenvalue weighted by Gasteiger charge is -2.32. The summed E-state index contributed by atoms with van der Waals surface area (Å²) in [4.78, 5) is 0. The molecule has 2 rings (SSSR count). The minimum absolute atomic E-state index is 0.183. The largest absolute Gasteiger partial charge is 0.463 e. The van der Waals surface area contributed by atoms with E-state index in [4.69, 9.17) is 13.7 Å². The summed E-state index contributed by atoms with van der Waals surface area (Å²) in [5.41, 5.74) is -0.566. The van der Waals surface area contributed by atoms with Gasteiger partial charge in [0.2, 0.25) is 8.32 Å². The van der Waals surface area contributed by atoms with Gasteiger partial charge < -0.3 is 13.7 Å². The summed E-state index contributed by atoms with van der Waals surface area (Å²) in [5.74, 6) is 0.275. The van der Waals surface area contributed by atoms with Gasteiger partial charge in [-0.1, -0.05) is 50.1 Å². The van der Waals surface area contributed by atoms with Crippen LogP contribution in [0.15, 0.2) is 30.3 Å². The topological polar surface area (TPSA) is 27.7 Å². The van der Waals surface area contributed by atoms with Crippen LogP contribution in [0.25, 0.3) is 0 Å². The van der Waals surface area contributed by atoms with Crippen molar-refractivity contribution in [2.75, 3.05) is 6.61 Å². The van der Waals surface area contributed by atoms with Crippen LogP contribution in [-0.2, 0) is 13.7 Å². The van der Waals surface area contributed by atoms with E-state index in [0.717, 1.165) is 6.42 Å². The van der Waals surface area contributed by atoms with Crippen molar-refractivity contribution in [1.29, 1.82) is 0 Å². The molecule has 140 valence electrons. The minimum atomic E-state index is -1.91. The van der Waals surface area contributed by atoms with Crippen LogP contribution < -0.4 is 5.19 Å². The lowest BCUT2D eigenvalue weighted by Crippen LogP contribution is -2.46. The zero-order valence-electron chi connectivity index (χ0n) is 17.1. The summed E-state index contributed by atoms with van der Waals surface area (Å²) in [6.45, 7) is 15.9.